The Balaban J connectivity index is 1.55. The molecule has 1 aliphatic heterocycles. The molecule has 29 heavy (non-hydrogen) atoms. The van der Waals surface area contributed by atoms with E-state index in [0.717, 1.165) is 39.6 Å². The number of anilines is 1. The molecule has 1 aliphatic rings. The van der Waals surface area contributed by atoms with E-state index in [2.05, 4.69) is 15.7 Å². The third kappa shape index (κ3) is 4.05. The number of rotatable bonds is 4. The lowest BCUT2D eigenvalue weighted by molar-refractivity contribution is -0.136. The number of nitrogens with zero attached hydrogens (tertiary/aromatic N) is 2. The number of aromatic nitrogens is 2. The van der Waals surface area contributed by atoms with Crippen LogP contribution in [0.1, 0.15) is 35.3 Å². The molecule has 0 saturated heterocycles. The highest BCUT2D eigenvalue weighted by molar-refractivity contribution is 7.98. The summed E-state index contributed by atoms with van der Waals surface area (Å²) in [6.45, 7) is 3.87. The highest BCUT2D eigenvalue weighted by Crippen LogP contribution is 2.36. The van der Waals surface area contributed by atoms with Crippen LogP contribution in [0.4, 0.5) is 5.82 Å². The minimum atomic E-state index is -0.694. The summed E-state index contributed by atoms with van der Waals surface area (Å²) in [7, 11) is 0. The maximum absolute atomic E-state index is 12.6. The van der Waals surface area contributed by atoms with Crippen LogP contribution in [0.5, 0.6) is 0 Å². The minimum absolute atomic E-state index is 0.266. The van der Waals surface area contributed by atoms with Gasteiger partial charge in [-0.2, -0.15) is 16.9 Å². The van der Waals surface area contributed by atoms with Gasteiger partial charge in [0, 0.05) is 17.1 Å². The zero-order chi connectivity index (χ0) is 20.4. The fourth-order valence-corrected chi connectivity index (χ4v) is 4.30. The number of thioether (sulfide) groups is 1. The molecule has 1 aromatic heterocycles. The Kier molecular flexibility index (Phi) is 5.40. The van der Waals surface area contributed by atoms with Gasteiger partial charge in [-0.05, 0) is 31.5 Å². The molecule has 0 spiro atoms. The van der Waals surface area contributed by atoms with Crippen LogP contribution in [0.25, 0.3) is 5.69 Å². The van der Waals surface area contributed by atoms with Crippen molar-refractivity contribution in [3.63, 3.8) is 0 Å². The molecular formula is C22H22N4O2S. The standard InChI is InChI=1S/C22H22N4O2S/c1-14-8-10-17(11-9-14)26-20(18-12-29-13-19(18)25-26)24-22(28)21(27)23-15(2)16-6-4-3-5-7-16/h3-11,15H,12-13H2,1-2H3,(H,23,27)(H,24,28)/t15-/m0/s1. The monoisotopic (exact) mass is 406 g/mol. The van der Waals surface area contributed by atoms with Crippen molar-refractivity contribution in [1.29, 1.82) is 0 Å². The second kappa shape index (κ2) is 8.13. The lowest BCUT2D eigenvalue weighted by atomic mass is 10.1. The molecule has 4 rings (SSSR count). The number of nitrogens with one attached hydrogen (secondary N) is 2. The highest BCUT2D eigenvalue weighted by atomic mass is 32.2. The third-order valence-corrected chi connectivity index (χ3v) is 5.89. The van der Waals surface area contributed by atoms with Gasteiger partial charge in [-0.1, -0.05) is 48.0 Å². The molecule has 2 N–H and O–H groups in total. The van der Waals surface area contributed by atoms with Crippen LogP contribution in [0.3, 0.4) is 0 Å². The molecule has 6 nitrogen and oxygen atoms in total. The fourth-order valence-electron chi connectivity index (χ4n) is 3.27. The van der Waals surface area contributed by atoms with E-state index in [1.807, 2.05) is 68.4 Å². The molecule has 2 heterocycles. The van der Waals surface area contributed by atoms with Gasteiger partial charge >= 0.3 is 11.8 Å². The Morgan fingerprint density at radius 2 is 1.76 bits per heavy atom. The second-order valence-corrected chi connectivity index (χ2v) is 8.06. The second-order valence-electron chi connectivity index (χ2n) is 7.07. The van der Waals surface area contributed by atoms with Gasteiger partial charge < -0.3 is 10.6 Å². The molecule has 7 heteroatoms. The Bertz CT molecular complexity index is 1040. The largest absolute Gasteiger partial charge is 0.341 e. The number of carbonyl (C=O) groups is 2. The van der Waals surface area contributed by atoms with Crippen molar-refractivity contribution in [2.75, 3.05) is 5.32 Å². The molecule has 2 amide bonds. The van der Waals surface area contributed by atoms with Crippen LogP contribution < -0.4 is 10.6 Å². The maximum Gasteiger partial charge on any atom is 0.314 e. The van der Waals surface area contributed by atoms with Crippen molar-refractivity contribution in [2.24, 2.45) is 0 Å². The topological polar surface area (TPSA) is 76.0 Å². The van der Waals surface area contributed by atoms with E-state index in [1.54, 1.807) is 16.4 Å². The number of aryl methyl sites for hydroxylation is 1. The first-order valence-electron chi connectivity index (χ1n) is 9.45. The minimum Gasteiger partial charge on any atom is -0.341 e. The molecular weight excluding hydrogens is 384 g/mol. The molecule has 0 bridgehead atoms. The average Bonchev–Trinajstić information content (AvgIpc) is 3.32. The zero-order valence-electron chi connectivity index (χ0n) is 16.3. The molecule has 0 aliphatic carbocycles. The Hall–Kier alpha value is -3.06. The molecule has 0 radical (unpaired) electrons. The van der Waals surface area contributed by atoms with Gasteiger partial charge in [0.05, 0.1) is 17.4 Å². The molecule has 3 aromatic rings. The third-order valence-electron chi connectivity index (χ3n) is 4.92. The van der Waals surface area contributed by atoms with Crippen LogP contribution in [0, 0.1) is 6.92 Å². The van der Waals surface area contributed by atoms with Gasteiger partial charge in [0.1, 0.15) is 5.82 Å². The normalized spacial score (nSPS) is 13.6. The fraction of sp³-hybridized carbons (Fsp3) is 0.227. The van der Waals surface area contributed by atoms with Gasteiger partial charge in [0.15, 0.2) is 0 Å². The zero-order valence-corrected chi connectivity index (χ0v) is 17.1. The Morgan fingerprint density at radius 3 is 2.48 bits per heavy atom. The first-order chi connectivity index (χ1) is 14.0. The van der Waals surface area contributed by atoms with Crippen LogP contribution in [-0.4, -0.2) is 21.6 Å². The van der Waals surface area contributed by atoms with Gasteiger partial charge in [0.25, 0.3) is 0 Å². The lowest BCUT2D eigenvalue weighted by Gasteiger charge is -2.15. The van der Waals surface area contributed by atoms with E-state index in [0.29, 0.717) is 5.82 Å². The number of carbonyl (C=O) groups excluding carboxylic acids is 2. The number of hydrogen-bond acceptors (Lipinski definition) is 4. The highest BCUT2D eigenvalue weighted by Gasteiger charge is 2.27. The van der Waals surface area contributed by atoms with Crippen LogP contribution in [0.2, 0.25) is 0 Å². The summed E-state index contributed by atoms with van der Waals surface area (Å²) in [5.41, 5.74) is 4.86. The maximum atomic E-state index is 12.6. The van der Waals surface area contributed by atoms with E-state index < -0.39 is 11.8 Å². The summed E-state index contributed by atoms with van der Waals surface area (Å²) in [6, 6.07) is 17.2. The van der Waals surface area contributed by atoms with E-state index in [-0.39, 0.29) is 6.04 Å². The molecule has 0 fully saturated rings. The first kappa shape index (κ1) is 19.3. The lowest BCUT2D eigenvalue weighted by Crippen LogP contribution is -2.37. The van der Waals surface area contributed by atoms with Crippen molar-refractivity contribution < 1.29 is 9.59 Å². The van der Waals surface area contributed by atoms with Gasteiger partial charge in [-0.15, -0.1) is 0 Å². The molecule has 0 saturated carbocycles. The summed E-state index contributed by atoms with van der Waals surface area (Å²) in [4.78, 5) is 25.1. The smallest absolute Gasteiger partial charge is 0.314 e. The summed E-state index contributed by atoms with van der Waals surface area (Å²) < 4.78 is 1.72. The van der Waals surface area contributed by atoms with Crippen LogP contribution in [-0.2, 0) is 21.1 Å². The number of amides is 2. The number of benzene rings is 2. The van der Waals surface area contributed by atoms with Crippen LogP contribution >= 0.6 is 11.8 Å². The average molecular weight is 407 g/mol. The van der Waals surface area contributed by atoms with Crippen molar-refractivity contribution in [3.8, 4) is 5.69 Å². The van der Waals surface area contributed by atoms with Crippen LogP contribution in [0.15, 0.2) is 54.6 Å². The van der Waals surface area contributed by atoms with Gasteiger partial charge in [0.2, 0.25) is 0 Å². The van der Waals surface area contributed by atoms with Crippen molar-refractivity contribution in [3.05, 3.63) is 77.0 Å². The summed E-state index contributed by atoms with van der Waals surface area (Å²) in [5.74, 6) is 0.771. The van der Waals surface area contributed by atoms with E-state index in [9.17, 15) is 9.59 Å². The number of fused-ring (bicyclic) bond motifs is 1. The van der Waals surface area contributed by atoms with Gasteiger partial charge in [-0.3, -0.25) is 9.59 Å². The van der Waals surface area contributed by atoms with E-state index in [1.165, 1.54) is 0 Å². The first-order valence-corrected chi connectivity index (χ1v) is 10.6. The van der Waals surface area contributed by atoms with Crippen molar-refractivity contribution >= 4 is 29.4 Å². The molecule has 1 atom stereocenters. The number of hydrogen-bond donors (Lipinski definition) is 2. The Morgan fingerprint density at radius 1 is 1.03 bits per heavy atom. The Labute approximate surface area is 173 Å². The predicted molar refractivity (Wildman–Crippen MR) is 115 cm³/mol. The molecule has 2 aromatic carbocycles. The molecule has 148 valence electrons. The van der Waals surface area contributed by atoms with Gasteiger partial charge in [-0.25, -0.2) is 4.68 Å². The summed E-state index contributed by atoms with van der Waals surface area (Å²) in [5, 5.41) is 10.2. The van der Waals surface area contributed by atoms with Crippen molar-refractivity contribution in [1.82, 2.24) is 15.1 Å². The summed E-state index contributed by atoms with van der Waals surface area (Å²) in [6.07, 6.45) is 0. The van der Waals surface area contributed by atoms with Crippen molar-refractivity contribution in [2.45, 2.75) is 31.4 Å². The predicted octanol–water partition coefficient (Wildman–Crippen LogP) is 3.74. The van der Waals surface area contributed by atoms with E-state index >= 15 is 0 Å². The van der Waals surface area contributed by atoms with E-state index in [4.69, 9.17) is 0 Å². The summed E-state index contributed by atoms with van der Waals surface area (Å²) >= 11 is 1.75. The quantitative estimate of drug-likeness (QED) is 0.647. The molecule has 0 unspecified atom stereocenters. The SMILES string of the molecule is Cc1ccc(-n2nc3c(c2NC(=O)C(=O)N[C@@H](C)c2ccccc2)CSC3)cc1.